The Hall–Kier alpha value is -1.99. The van der Waals surface area contributed by atoms with E-state index in [0.29, 0.717) is 6.54 Å². The summed E-state index contributed by atoms with van der Waals surface area (Å²) in [5, 5.41) is 12.9. The fraction of sp³-hybridized carbons (Fsp3) is 0.438. The normalized spacial score (nSPS) is 17.7. The van der Waals surface area contributed by atoms with E-state index in [4.69, 9.17) is 0 Å². The molecule has 1 N–H and O–H groups in total. The molecule has 4 rings (SSSR count). The summed E-state index contributed by atoms with van der Waals surface area (Å²) in [7, 11) is 0. The Morgan fingerprint density at radius 2 is 2.13 bits per heavy atom. The highest BCUT2D eigenvalue weighted by molar-refractivity contribution is 7.17. The third-order valence-corrected chi connectivity index (χ3v) is 5.33. The van der Waals surface area contributed by atoms with Gasteiger partial charge in [-0.05, 0) is 31.2 Å². The fourth-order valence-corrected chi connectivity index (χ4v) is 4.04. The van der Waals surface area contributed by atoms with Crippen molar-refractivity contribution in [3.05, 3.63) is 36.0 Å². The minimum absolute atomic E-state index is 0.595. The number of piperidine rings is 1. The topological polar surface area (TPSA) is 67.1 Å². The average molecular weight is 329 g/mol. The highest BCUT2D eigenvalue weighted by atomic mass is 32.1. The lowest BCUT2D eigenvalue weighted by Gasteiger charge is -2.39. The van der Waals surface area contributed by atoms with E-state index in [9.17, 15) is 5.11 Å². The molecule has 1 saturated heterocycles. The smallest absolute Gasteiger partial charge is 0.150 e. The summed E-state index contributed by atoms with van der Waals surface area (Å²) in [4.78, 5) is 15.5. The second kappa shape index (κ2) is 5.58. The molecule has 0 aliphatic carbocycles. The Labute approximate surface area is 138 Å². The summed E-state index contributed by atoms with van der Waals surface area (Å²) in [6.07, 6.45) is 6.85. The molecule has 1 aliphatic heterocycles. The van der Waals surface area contributed by atoms with Crippen LogP contribution < -0.4 is 4.90 Å². The van der Waals surface area contributed by atoms with Gasteiger partial charge in [0.25, 0.3) is 0 Å². The number of aromatic nitrogens is 4. The minimum atomic E-state index is -0.673. The zero-order valence-corrected chi connectivity index (χ0v) is 13.8. The molecule has 3 aromatic heterocycles. The summed E-state index contributed by atoms with van der Waals surface area (Å²) in [6, 6.07) is 2.04. The highest BCUT2D eigenvalue weighted by Gasteiger charge is 2.33. The number of fused-ring (bicyclic) bond motifs is 1. The van der Waals surface area contributed by atoms with Gasteiger partial charge in [-0.3, -0.25) is 0 Å². The van der Waals surface area contributed by atoms with E-state index >= 15 is 0 Å². The predicted octanol–water partition coefficient (Wildman–Crippen LogP) is 2.23. The molecule has 23 heavy (non-hydrogen) atoms. The van der Waals surface area contributed by atoms with E-state index in [0.717, 1.165) is 47.8 Å². The van der Waals surface area contributed by atoms with Crippen molar-refractivity contribution in [2.45, 2.75) is 31.9 Å². The Morgan fingerprint density at radius 3 is 2.87 bits per heavy atom. The number of nitrogens with zero attached hydrogens (tertiary/aromatic N) is 5. The van der Waals surface area contributed by atoms with Crippen LogP contribution in [0.1, 0.15) is 18.7 Å². The lowest BCUT2D eigenvalue weighted by atomic mass is 9.91. The van der Waals surface area contributed by atoms with Gasteiger partial charge in [-0.1, -0.05) is 0 Å². The molecule has 0 amide bonds. The van der Waals surface area contributed by atoms with Crippen molar-refractivity contribution in [3.63, 3.8) is 0 Å². The molecule has 0 saturated carbocycles. The molecule has 0 radical (unpaired) electrons. The first-order chi connectivity index (χ1) is 11.1. The van der Waals surface area contributed by atoms with Gasteiger partial charge < -0.3 is 14.6 Å². The summed E-state index contributed by atoms with van der Waals surface area (Å²) in [6.45, 7) is 4.13. The van der Waals surface area contributed by atoms with Crippen LogP contribution in [0.5, 0.6) is 0 Å². The standard InChI is InChI=1S/C16H19N5OS/c1-12-18-13-2-9-23-14(13)15(19-12)21-6-3-16(22,4-7-21)10-20-8-5-17-11-20/h2,5,8-9,11,22H,3-4,6-7,10H2,1H3. The lowest BCUT2D eigenvalue weighted by molar-refractivity contribution is -0.000137. The fourth-order valence-electron chi connectivity index (χ4n) is 3.19. The first-order valence-corrected chi connectivity index (χ1v) is 8.66. The van der Waals surface area contributed by atoms with Crippen molar-refractivity contribution in [1.82, 2.24) is 19.5 Å². The van der Waals surface area contributed by atoms with Gasteiger partial charge in [-0.2, -0.15) is 0 Å². The van der Waals surface area contributed by atoms with E-state index in [1.807, 2.05) is 23.8 Å². The van der Waals surface area contributed by atoms with E-state index < -0.39 is 5.60 Å². The molecule has 1 aliphatic rings. The van der Waals surface area contributed by atoms with Crippen LogP contribution in [0.2, 0.25) is 0 Å². The van der Waals surface area contributed by atoms with E-state index in [-0.39, 0.29) is 0 Å². The number of anilines is 1. The summed E-state index contributed by atoms with van der Waals surface area (Å²) in [5.74, 6) is 1.80. The number of aliphatic hydroxyl groups is 1. The van der Waals surface area contributed by atoms with Crippen molar-refractivity contribution in [3.8, 4) is 0 Å². The Bertz CT molecular complexity index is 805. The van der Waals surface area contributed by atoms with Crippen LogP contribution in [0.25, 0.3) is 10.2 Å². The first kappa shape index (κ1) is 14.6. The van der Waals surface area contributed by atoms with E-state index in [2.05, 4.69) is 25.2 Å². The Kier molecular flexibility index (Phi) is 3.54. The van der Waals surface area contributed by atoms with Gasteiger partial charge in [0.05, 0.1) is 28.7 Å². The van der Waals surface area contributed by atoms with Crippen LogP contribution in [0.15, 0.2) is 30.2 Å². The number of hydrogen-bond donors (Lipinski definition) is 1. The van der Waals surface area contributed by atoms with Crippen LogP contribution in [0, 0.1) is 6.92 Å². The van der Waals surface area contributed by atoms with Crippen LogP contribution >= 0.6 is 11.3 Å². The van der Waals surface area contributed by atoms with Gasteiger partial charge in [-0.25, -0.2) is 15.0 Å². The number of rotatable bonds is 3. The quantitative estimate of drug-likeness (QED) is 0.798. The SMILES string of the molecule is Cc1nc(N2CCC(O)(Cn3ccnc3)CC2)c2sccc2n1. The summed E-state index contributed by atoms with van der Waals surface area (Å²) in [5.41, 5.74) is 0.338. The molecular weight excluding hydrogens is 310 g/mol. The zero-order valence-electron chi connectivity index (χ0n) is 13.0. The molecule has 0 aromatic carbocycles. The first-order valence-electron chi connectivity index (χ1n) is 7.78. The van der Waals surface area contributed by atoms with E-state index in [1.165, 1.54) is 0 Å². The van der Waals surface area contributed by atoms with Crippen molar-refractivity contribution in [1.29, 1.82) is 0 Å². The van der Waals surface area contributed by atoms with Crippen LogP contribution in [0.3, 0.4) is 0 Å². The monoisotopic (exact) mass is 329 g/mol. The molecule has 0 bridgehead atoms. The molecular formula is C16H19N5OS. The predicted molar refractivity (Wildman–Crippen MR) is 90.8 cm³/mol. The van der Waals surface area contributed by atoms with Crippen LogP contribution in [0.4, 0.5) is 5.82 Å². The molecule has 4 heterocycles. The molecule has 0 spiro atoms. The van der Waals surface area contributed by atoms with Crippen LogP contribution in [-0.2, 0) is 6.54 Å². The minimum Gasteiger partial charge on any atom is -0.388 e. The molecule has 120 valence electrons. The van der Waals surface area contributed by atoms with Gasteiger partial charge >= 0.3 is 0 Å². The second-order valence-corrected chi connectivity index (χ2v) is 7.09. The number of aryl methyl sites for hydroxylation is 1. The number of hydrogen-bond acceptors (Lipinski definition) is 6. The maximum atomic E-state index is 10.8. The lowest BCUT2D eigenvalue weighted by Crippen LogP contribution is -2.47. The molecule has 0 atom stereocenters. The van der Waals surface area contributed by atoms with Gasteiger partial charge in [0, 0.05) is 25.5 Å². The zero-order chi connectivity index (χ0) is 15.9. The third kappa shape index (κ3) is 2.82. The molecule has 3 aromatic rings. The summed E-state index contributed by atoms with van der Waals surface area (Å²) >= 11 is 1.68. The van der Waals surface area contributed by atoms with Gasteiger partial charge in [-0.15, -0.1) is 11.3 Å². The molecule has 6 nitrogen and oxygen atoms in total. The average Bonchev–Trinajstić information content (AvgIpc) is 3.18. The Morgan fingerprint density at radius 1 is 1.30 bits per heavy atom. The Balaban J connectivity index is 1.53. The van der Waals surface area contributed by atoms with E-state index in [1.54, 1.807) is 23.9 Å². The molecule has 0 unspecified atom stereocenters. The maximum Gasteiger partial charge on any atom is 0.150 e. The molecule has 1 fully saturated rings. The largest absolute Gasteiger partial charge is 0.388 e. The van der Waals surface area contributed by atoms with Gasteiger partial charge in [0.2, 0.25) is 0 Å². The van der Waals surface area contributed by atoms with Crippen molar-refractivity contribution < 1.29 is 5.11 Å². The second-order valence-electron chi connectivity index (χ2n) is 6.18. The number of thiophene rings is 1. The van der Waals surface area contributed by atoms with Gasteiger partial charge in [0.15, 0.2) is 0 Å². The summed E-state index contributed by atoms with van der Waals surface area (Å²) < 4.78 is 3.08. The van der Waals surface area contributed by atoms with Crippen LogP contribution in [-0.4, -0.2) is 43.3 Å². The van der Waals surface area contributed by atoms with Crippen molar-refractivity contribution in [2.75, 3.05) is 18.0 Å². The maximum absolute atomic E-state index is 10.8. The van der Waals surface area contributed by atoms with Crippen molar-refractivity contribution >= 4 is 27.4 Å². The number of imidazole rings is 1. The molecule has 7 heteroatoms. The van der Waals surface area contributed by atoms with Crippen molar-refractivity contribution in [2.24, 2.45) is 0 Å². The third-order valence-electron chi connectivity index (χ3n) is 4.43. The van der Waals surface area contributed by atoms with Gasteiger partial charge in [0.1, 0.15) is 11.6 Å². The highest BCUT2D eigenvalue weighted by Crippen LogP contribution is 2.33.